The molecule has 13 heavy (non-hydrogen) atoms. The molecule has 74 valence electrons. The molecule has 0 heterocycles. The Kier molecular flexibility index (Phi) is 4.59. The zero-order valence-electron chi connectivity index (χ0n) is 8.67. The van der Waals surface area contributed by atoms with Crippen molar-refractivity contribution in [1.82, 2.24) is 0 Å². The fourth-order valence-electron chi connectivity index (χ4n) is 0.808. The zero-order valence-corrected chi connectivity index (χ0v) is 8.67. The van der Waals surface area contributed by atoms with Crippen molar-refractivity contribution in [2.45, 2.75) is 26.4 Å². The predicted octanol–water partition coefficient (Wildman–Crippen LogP) is 1.21. The molecule has 0 aromatic rings. The molecular weight excluding hydrogens is 162 g/mol. The Labute approximate surface area is 80.2 Å². The topological polar surface area (TPSA) is 64.4 Å². The summed E-state index contributed by atoms with van der Waals surface area (Å²) < 4.78 is 0. The molecule has 3 heteroatoms. The first kappa shape index (κ1) is 12.1. The van der Waals surface area contributed by atoms with Crippen LogP contribution >= 0.6 is 0 Å². The summed E-state index contributed by atoms with van der Waals surface area (Å²) in [4.78, 5) is 4.23. The van der Waals surface area contributed by atoms with E-state index in [4.69, 9.17) is 11.5 Å². The first-order chi connectivity index (χ1) is 5.88. The van der Waals surface area contributed by atoms with Gasteiger partial charge in [0.05, 0.1) is 12.3 Å². The smallest absolute Gasteiger partial charge is 0.104 e. The molecule has 0 aromatic carbocycles. The van der Waals surface area contributed by atoms with Crippen LogP contribution in [0.15, 0.2) is 29.3 Å². The van der Waals surface area contributed by atoms with Crippen molar-refractivity contribution in [1.29, 1.82) is 0 Å². The first-order valence-electron chi connectivity index (χ1n) is 4.26. The predicted molar refractivity (Wildman–Crippen MR) is 58.7 cm³/mol. The minimum atomic E-state index is -0.875. The third-order valence-corrected chi connectivity index (χ3v) is 1.37. The summed E-state index contributed by atoms with van der Waals surface area (Å²) >= 11 is 0. The maximum Gasteiger partial charge on any atom is 0.104 e. The van der Waals surface area contributed by atoms with Crippen LogP contribution in [0.3, 0.4) is 0 Å². The summed E-state index contributed by atoms with van der Waals surface area (Å²) in [5.74, 6) is 0. The van der Waals surface area contributed by atoms with Gasteiger partial charge >= 0.3 is 0 Å². The van der Waals surface area contributed by atoms with Gasteiger partial charge in [0.2, 0.25) is 0 Å². The molecular formula is C10H19N3. The lowest BCUT2D eigenvalue weighted by Gasteiger charge is -2.19. The first-order valence-corrected chi connectivity index (χ1v) is 4.26. The van der Waals surface area contributed by atoms with E-state index < -0.39 is 5.66 Å². The lowest BCUT2D eigenvalue weighted by atomic mass is 10.1. The quantitative estimate of drug-likeness (QED) is 0.389. The van der Waals surface area contributed by atoms with E-state index in [0.29, 0.717) is 12.3 Å². The summed E-state index contributed by atoms with van der Waals surface area (Å²) in [5.41, 5.74) is 12.4. The molecule has 0 spiro atoms. The van der Waals surface area contributed by atoms with Crippen LogP contribution in [-0.4, -0.2) is 17.9 Å². The van der Waals surface area contributed by atoms with Crippen molar-refractivity contribution in [3.05, 3.63) is 24.3 Å². The Morgan fingerprint density at radius 2 is 2.00 bits per heavy atom. The molecule has 3 nitrogen and oxygen atoms in total. The van der Waals surface area contributed by atoms with E-state index in [1.807, 2.05) is 19.9 Å². The summed E-state index contributed by atoms with van der Waals surface area (Å²) in [7, 11) is 0. The van der Waals surface area contributed by atoms with Gasteiger partial charge in [0.25, 0.3) is 0 Å². The van der Waals surface area contributed by atoms with E-state index in [1.54, 1.807) is 13.0 Å². The maximum absolute atomic E-state index is 5.74. The molecule has 0 aromatic heterocycles. The number of allylic oxidation sites excluding steroid dienone is 1. The van der Waals surface area contributed by atoms with Crippen molar-refractivity contribution < 1.29 is 0 Å². The Bertz CT molecular complexity index is 227. The summed E-state index contributed by atoms with van der Waals surface area (Å²) in [6, 6.07) is 0. The molecule has 0 saturated heterocycles. The van der Waals surface area contributed by atoms with Gasteiger partial charge in [-0.1, -0.05) is 11.6 Å². The van der Waals surface area contributed by atoms with Gasteiger partial charge in [-0.05, 0) is 26.8 Å². The molecule has 0 aliphatic heterocycles. The SMILES string of the molecule is C=CCN=C(C=C(C)C)C(C)(N)N. The molecule has 0 atom stereocenters. The Morgan fingerprint density at radius 1 is 1.46 bits per heavy atom. The minimum Gasteiger partial charge on any atom is -0.309 e. The second-order valence-corrected chi connectivity index (χ2v) is 3.52. The summed E-state index contributed by atoms with van der Waals surface area (Å²) in [6.07, 6.45) is 3.61. The average molecular weight is 181 g/mol. The molecule has 0 unspecified atom stereocenters. The van der Waals surface area contributed by atoms with Gasteiger partial charge in [-0.2, -0.15) is 0 Å². The van der Waals surface area contributed by atoms with Crippen molar-refractivity contribution in [3.8, 4) is 0 Å². The number of aliphatic imine (C=N–C) groups is 1. The third-order valence-electron chi connectivity index (χ3n) is 1.37. The Morgan fingerprint density at radius 3 is 2.31 bits per heavy atom. The van der Waals surface area contributed by atoms with Crippen LogP contribution in [0.4, 0.5) is 0 Å². The van der Waals surface area contributed by atoms with Crippen LogP contribution < -0.4 is 11.5 Å². The number of nitrogens with zero attached hydrogens (tertiary/aromatic N) is 1. The number of nitrogens with two attached hydrogens (primary N) is 2. The molecule has 0 bridgehead atoms. The number of hydrogen-bond acceptors (Lipinski definition) is 3. The second-order valence-electron chi connectivity index (χ2n) is 3.52. The van der Waals surface area contributed by atoms with E-state index in [0.717, 1.165) is 5.57 Å². The fraction of sp³-hybridized carbons (Fsp3) is 0.500. The summed E-state index contributed by atoms with van der Waals surface area (Å²) in [5, 5.41) is 0. The fourth-order valence-corrected chi connectivity index (χ4v) is 0.808. The Balaban J connectivity index is 4.76. The van der Waals surface area contributed by atoms with E-state index in [2.05, 4.69) is 11.6 Å². The number of rotatable bonds is 4. The normalized spacial score (nSPS) is 12.5. The van der Waals surface area contributed by atoms with Gasteiger partial charge in [-0.15, -0.1) is 6.58 Å². The monoisotopic (exact) mass is 181 g/mol. The highest BCUT2D eigenvalue weighted by atomic mass is 15.0. The Hall–Kier alpha value is -0.930. The molecule has 0 rings (SSSR count). The van der Waals surface area contributed by atoms with E-state index in [1.165, 1.54) is 0 Å². The van der Waals surface area contributed by atoms with Crippen LogP contribution in [-0.2, 0) is 0 Å². The van der Waals surface area contributed by atoms with Crippen LogP contribution in [0.2, 0.25) is 0 Å². The van der Waals surface area contributed by atoms with E-state index in [-0.39, 0.29) is 0 Å². The van der Waals surface area contributed by atoms with Crippen LogP contribution in [0.5, 0.6) is 0 Å². The third kappa shape index (κ3) is 5.33. The van der Waals surface area contributed by atoms with Gasteiger partial charge in [-0.25, -0.2) is 0 Å². The lowest BCUT2D eigenvalue weighted by molar-refractivity contribution is 0.660. The van der Waals surface area contributed by atoms with Crippen molar-refractivity contribution in [3.63, 3.8) is 0 Å². The van der Waals surface area contributed by atoms with Gasteiger partial charge in [0.1, 0.15) is 5.66 Å². The van der Waals surface area contributed by atoms with Crippen LogP contribution in [0.1, 0.15) is 20.8 Å². The van der Waals surface area contributed by atoms with Gasteiger partial charge < -0.3 is 11.5 Å². The maximum atomic E-state index is 5.74. The van der Waals surface area contributed by atoms with Gasteiger partial charge in [-0.3, -0.25) is 4.99 Å². The molecule has 0 aliphatic carbocycles. The van der Waals surface area contributed by atoms with Crippen molar-refractivity contribution in [2.75, 3.05) is 6.54 Å². The van der Waals surface area contributed by atoms with E-state index >= 15 is 0 Å². The van der Waals surface area contributed by atoms with Crippen molar-refractivity contribution in [2.24, 2.45) is 16.5 Å². The average Bonchev–Trinajstić information content (AvgIpc) is 1.95. The highest BCUT2D eigenvalue weighted by molar-refractivity contribution is 6.02. The van der Waals surface area contributed by atoms with Crippen molar-refractivity contribution >= 4 is 5.71 Å². The molecule has 0 aliphatic rings. The molecule has 4 N–H and O–H groups in total. The minimum absolute atomic E-state index is 0.545. The number of hydrogen-bond donors (Lipinski definition) is 2. The second kappa shape index (κ2) is 4.94. The van der Waals surface area contributed by atoms with E-state index in [9.17, 15) is 0 Å². The molecule has 0 saturated carbocycles. The zero-order chi connectivity index (χ0) is 10.5. The van der Waals surface area contributed by atoms with Gasteiger partial charge in [0.15, 0.2) is 0 Å². The summed E-state index contributed by atoms with van der Waals surface area (Å²) in [6.45, 7) is 9.82. The van der Waals surface area contributed by atoms with Gasteiger partial charge in [0, 0.05) is 0 Å². The molecule has 0 fully saturated rings. The van der Waals surface area contributed by atoms with Crippen LogP contribution in [0, 0.1) is 0 Å². The highest BCUT2D eigenvalue weighted by Gasteiger charge is 2.16. The largest absolute Gasteiger partial charge is 0.309 e. The van der Waals surface area contributed by atoms with Crippen LogP contribution in [0.25, 0.3) is 0 Å². The lowest BCUT2D eigenvalue weighted by Crippen LogP contribution is -2.53. The molecule has 0 radical (unpaired) electrons. The molecule has 0 amide bonds. The highest BCUT2D eigenvalue weighted by Crippen LogP contribution is 2.00. The standard InChI is InChI=1S/C10H19N3/c1-5-6-13-9(7-8(2)3)10(4,11)12/h5,7H,1,6,11-12H2,2-4H3.